The van der Waals surface area contributed by atoms with Gasteiger partial charge in [0.2, 0.25) is 0 Å². The molecule has 0 heterocycles. The largest absolute Gasteiger partial charge is 0.462 e. The third-order valence-electron chi connectivity index (χ3n) is 8.49. The average Bonchev–Trinajstić information content (AvgIpc) is 3.07. The second-order valence-electron chi connectivity index (χ2n) is 13.9. The van der Waals surface area contributed by atoms with Crippen molar-refractivity contribution in [2.75, 3.05) is 13.2 Å². The van der Waals surface area contributed by atoms with Crippen LogP contribution < -0.4 is 0 Å². The predicted octanol–water partition coefficient (Wildman–Crippen LogP) is 10.0. The minimum atomic E-state index is -0.885. The molecule has 0 radical (unpaired) electrons. The molecule has 0 spiro atoms. The number of esters is 2. The van der Waals surface area contributed by atoms with Gasteiger partial charge in [0.1, 0.15) is 6.61 Å². The van der Waals surface area contributed by atoms with Crippen molar-refractivity contribution >= 4 is 11.9 Å². The molecule has 0 aliphatic heterocycles. The van der Waals surface area contributed by atoms with Crippen molar-refractivity contribution in [1.29, 1.82) is 0 Å². The Morgan fingerprint density at radius 2 is 1.16 bits per heavy atom. The van der Waals surface area contributed by atoms with Gasteiger partial charge in [-0.3, -0.25) is 9.59 Å². The lowest BCUT2D eigenvalue weighted by molar-refractivity contribution is -0.161. The summed E-state index contributed by atoms with van der Waals surface area (Å²) in [6.07, 6.45) is 36.6. The number of rotatable bonds is 34. The molecule has 0 fully saturated rings. The van der Waals surface area contributed by atoms with Gasteiger partial charge >= 0.3 is 11.9 Å². The van der Waals surface area contributed by atoms with E-state index in [1.165, 1.54) is 89.9 Å². The highest BCUT2D eigenvalue weighted by molar-refractivity contribution is 5.70. The molecular weight excluding hydrogens is 616 g/mol. The Bertz CT molecular complexity index is 876. The lowest BCUT2D eigenvalue weighted by atomic mass is 10.0. The summed E-state index contributed by atoms with van der Waals surface area (Å²) in [5, 5.41) is 29.6. The molecule has 0 amide bonds. The molecule has 0 aromatic rings. The molecule has 0 aliphatic rings. The first-order valence-electron chi connectivity index (χ1n) is 19.8. The molecule has 7 nitrogen and oxygen atoms in total. The van der Waals surface area contributed by atoms with Gasteiger partial charge < -0.3 is 24.8 Å². The maximum Gasteiger partial charge on any atom is 0.306 e. The van der Waals surface area contributed by atoms with Crippen molar-refractivity contribution < 1.29 is 34.4 Å². The molecular formula is C42H74O7. The monoisotopic (exact) mass is 691 g/mol. The highest BCUT2D eigenvalue weighted by Crippen LogP contribution is 2.15. The summed E-state index contributed by atoms with van der Waals surface area (Å²) in [6.45, 7) is 6.21. The van der Waals surface area contributed by atoms with Gasteiger partial charge in [-0.15, -0.1) is 0 Å². The fourth-order valence-electron chi connectivity index (χ4n) is 5.40. The maximum atomic E-state index is 12.2. The first-order valence-corrected chi connectivity index (χ1v) is 19.8. The molecule has 284 valence electrons. The first-order chi connectivity index (χ1) is 23.8. The van der Waals surface area contributed by atoms with Crippen LogP contribution in [0.5, 0.6) is 0 Å². The van der Waals surface area contributed by atoms with Crippen molar-refractivity contribution in [3.8, 4) is 0 Å². The van der Waals surface area contributed by atoms with E-state index in [1.54, 1.807) is 36.5 Å². The van der Waals surface area contributed by atoms with Crippen LogP contribution in [0.4, 0.5) is 0 Å². The highest BCUT2D eigenvalue weighted by Gasteiger charge is 2.16. The van der Waals surface area contributed by atoms with Crippen LogP contribution in [0.2, 0.25) is 0 Å². The molecule has 0 saturated carbocycles. The standard InChI is InChI=1S/C42H74O7/c1-4-5-6-7-18-23-29-38(44)30-24-20-21-25-31-39(45)32-27-34-42(47)49-40(35-43)36-48-41(46)33-26-19-16-14-12-10-8-9-11-13-15-17-22-28-37(2)3/h18,20-21,23-25,30-31,37-40,43-45H,4-17,19,22,26-29,32-36H2,1-3H3/b21-20+,23-18-,30-24+,31-25-/t38-,39-,40-/m0/s1. The summed E-state index contributed by atoms with van der Waals surface area (Å²) in [5.41, 5.74) is 0. The average molecular weight is 691 g/mol. The number of aliphatic hydroxyl groups is 3. The zero-order valence-corrected chi connectivity index (χ0v) is 31.6. The van der Waals surface area contributed by atoms with E-state index >= 15 is 0 Å². The van der Waals surface area contributed by atoms with Crippen molar-refractivity contribution in [1.82, 2.24) is 0 Å². The van der Waals surface area contributed by atoms with E-state index in [9.17, 15) is 24.9 Å². The maximum absolute atomic E-state index is 12.2. The molecule has 0 aromatic carbocycles. The van der Waals surface area contributed by atoms with Gasteiger partial charge in [-0.1, -0.05) is 166 Å². The van der Waals surface area contributed by atoms with E-state index in [1.807, 2.05) is 6.08 Å². The molecule has 0 aromatic heterocycles. The summed E-state index contributed by atoms with van der Waals surface area (Å²) in [6, 6.07) is 0. The van der Waals surface area contributed by atoms with Crippen LogP contribution in [-0.4, -0.2) is 58.8 Å². The van der Waals surface area contributed by atoms with Crippen molar-refractivity contribution in [2.45, 2.75) is 187 Å². The molecule has 0 rings (SSSR count). The Morgan fingerprint density at radius 3 is 1.73 bits per heavy atom. The zero-order valence-electron chi connectivity index (χ0n) is 31.6. The second-order valence-corrected chi connectivity index (χ2v) is 13.9. The van der Waals surface area contributed by atoms with Crippen LogP contribution in [0.25, 0.3) is 0 Å². The van der Waals surface area contributed by atoms with Gasteiger partial charge in [-0.2, -0.15) is 0 Å². The number of aliphatic hydroxyl groups excluding tert-OH is 3. The van der Waals surface area contributed by atoms with Crippen LogP contribution in [0.1, 0.15) is 168 Å². The molecule has 0 saturated heterocycles. The van der Waals surface area contributed by atoms with Gasteiger partial charge in [0.25, 0.3) is 0 Å². The van der Waals surface area contributed by atoms with Crippen molar-refractivity contribution in [3.05, 3.63) is 48.6 Å². The molecule has 0 aliphatic carbocycles. The minimum Gasteiger partial charge on any atom is -0.462 e. The minimum absolute atomic E-state index is 0.0947. The molecule has 3 atom stereocenters. The third-order valence-corrected chi connectivity index (χ3v) is 8.49. The van der Waals surface area contributed by atoms with E-state index in [0.29, 0.717) is 25.7 Å². The molecule has 3 N–H and O–H groups in total. The van der Waals surface area contributed by atoms with E-state index in [-0.39, 0.29) is 19.0 Å². The number of ether oxygens (including phenoxy) is 2. The topological polar surface area (TPSA) is 113 Å². The van der Waals surface area contributed by atoms with E-state index < -0.39 is 30.9 Å². The summed E-state index contributed by atoms with van der Waals surface area (Å²) in [7, 11) is 0. The van der Waals surface area contributed by atoms with Gasteiger partial charge in [-0.25, -0.2) is 0 Å². The number of unbranched alkanes of at least 4 members (excludes halogenated alkanes) is 15. The number of carbonyl (C=O) groups is 2. The number of hydrogen-bond acceptors (Lipinski definition) is 7. The summed E-state index contributed by atoms with van der Waals surface area (Å²) < 4.78 is 10.5. The number of allylic oxidation sites excluding steroid dienone is 5. The molecule has 49 heavy (non-hydrogen) atoms. The number of carbonyl (C=O) groups excluding carboxylic acids is 2. The highest BCUT2D eigenvalue weighted by atomic mass is 16.6. The van der Waals surface area contributed by atoms with Gasteiger partial charge in [0.05, 0.1) is 18.8 Å². The summed E-state index contributed by atoms with van der Waals surface area (Å²) in [5.74, 6) is 0.00139. The lowest BCUT2D eigenvalue weighted by Gasteiger charge is -2.16. The van der Waals surface area contributed by atoms with Crippen LogP contribution in [0.15, 0.2) is 48.6 Å². The second kappa shape index (κ2) is 35.6. The smallest absolute Gasteiger partial charge is 0.306 e. The third kappa shape index (κ3) is 35.4. The fourth-order valence-corrected chi connectivity index (χ4v) is 5.40. The van der Waals surface area contributed by atoms with Gasteiger partial charge in [-0.05, 0) is 44.4 Å². The molecule has 7 heteroatoms. The SMILES string of the molecule is CCCCC/C=C\C[C@H](O)/C=C/C=C/C=C\[C@H](O)CCCC(=O)O[C@@H](CO)COC(=O)CCCCCCCCCCCCCCCC(C)C. The number of hydrogen-bond donors (Lipinski definition) is 3. The Labute approximate surface area is 300 Å². The fraction of sp³-hybridized carbons (Fsp3) is 0.762. The van der Waals surface area contributed by atoms with E-state index in [2.05, 4.69) is 26.8 Å². The molecule has 0 unspecified atom stereocenters. The van der Waals surface area contributed by atoms with Gasteiger partial charge in [0.15, 0.2) is 6.10 Å². The van der Waals surface area contributed by atoms with Crippen LogP contribution >= 0.6 is 0 Å². The summed E-state index contributed by atoms with van der Waals surface area (Å²) >= 11 is 0. The van der Waals surface area contributed by atoms with Crippen LogP contribution in [0, 0.1) is 5.92 Å². The normalized spacial score (nSPS) is 14.1. The van der Waals surface area contributed by atoms with Crippen molar-refractivity contribution in [3.63, 3.8) is 0 Å². The Kier molecular flexibility index (Phi) is 34.0. The lowest BCUT2D eigenvalue weighted by Crippen LogP contribution is -2.28. The Hall–Kier alpha value is -2.22. The summed E-state index contributed by atoms with van der Waals surface area (Å²) in [4.78, 5) is 24.3. The Balaban J connectivity index is 3.82. The zero-order chi connectivity index (χ0) is 36.2. The van der Waals surface area contributed by atoms with E-state index in [4.69, 9.17) is 9.47 Å². The van der Waals surface area contributed by atoms with Crippen LogP contribution in [0.3, 0.4) is 0 Å². The van der Waals surface area contributed by atoms with E-state index in [0.717, 1.165) is 31.6 Å². The van der Waals surface area contributed by atoms with Crippen LogP contribution in [-0.2, 0) is 19.1 Å². The molecule has 0 bridgehead atoms. The first kappa shape index (κ1) is 46.8. The van der Waals surface area contributed by atoms with Gasteiger partial charge in [0, 0.05) is 12.8 Å². The van der Waals surface area contributed by atoms with Crippen molar-refractivity contribution in [2.24, 2.45) is 5.92 Å². The quantitative estimate of drug-likeness (QED) is 0.0267. The Morgan fingerprint density at radius 1 is 0.612 bits per heavy atom. The predicted molar refractivity (Wildman–Crippen MR) is 203 cm³/mol.